The maximum atomic E-state index is 11.8. The second-order valence-electron chi connectivity index (χ2n) is 3.47. The highest BCUT2D eigenvalue weighted by Crippen LogP contribution is 2.22. The van der Waals surface area contributed by atoms with Crippen molar-refractivity contribution in [1.29, 1.82) is 0 Å². The van der Waals surface area contributed by atoms with Crippen molar-refractivity contribution in [1.82, 2.24) is 5.32 Å². The summed E-state index contributed by atoms with van der Waals surface area (Å²) in [4.78, 5) is 11.8. The lowest BCUT2D eigenvalue weighted by Gasteiger charge is -2.09. The summed E-state index contributed by atoms with van der Waals surface area (Å²) in [6.45, 7) is -0.0761. The molecule has 1 aromatic carbocycles. The molecule has 0 atom stereocenters. The van der Waals surface area contributed by atoms with Gasteiger partial charge in [-0.1, -0.05) is 11.6 Å². The predicted molar refractivity (Wildman–Crippen MR) is 68.3 cm³/mol. The van der Waals surface area contributed by atoms with E-state index in [9.17, 15) is 13.2 Å². The van der Waals surface area contributed by atoms with Crippen LogP contribution in [-0.4, -0.2) is 33.7 Å². The number of nitrogens with two attached hydrogens (primary N) is 1. The Hall–Kier alpha value is -1.31. The molecule has 0 aliphatic heterocycles. The predicted octanol–water partition coefficient (Wildman–Crippen LogP) is 0.367. The van der Waals surface area contributed by atoms with E-state index < -0.39 is 15.9 Å². The second kappa shape index (κ2) is 6.03. The molecular weight excluding hydrogens is 280 g/mol. The van der Waals surface area contributed by atoms with E-state index in [1.165, 1.54) is 13.2 Å². The quantitative estimate of drug-likeness (QED) is 0.819. The van der Waals surface area contributed by atoms with Gasteiger partial charge < -0.3 is 10.1 Å². The van der Waals surface area contributed by atoms with Crippen LogP contribution in [0.3, 0.4) is 0 Å². The molecule has 1 aromatic rings. The molecule has 0 aliphatic rings. The number of carbonyl (C=O) groups is 1. The average Bonchev–Trinajstić information content (AvgIpc) is 2.27. The van der Waals surface area contributed by atoms with Crippen molar-refractivity contribution >= 4 is 27.5 Å². The van der Waals surface area contributed by atoms with Gasteiger partial charge in [0.25, 0.3) is 5.91 Å². The minimum absolute atomic E-state index is 0.0761. The van der Waals surface area contributed by atoms with E-state index in [4.69, 9.17) is 21.5 Å². The molecule has 0 saturated carbocycles. The summed E-state index contributed by atoms with van der Waals surface area (Å²) >= 11 is 5.77. The largest absolute Gasteiger partial charge is 0.496 e. The number of hydrogen-bond acceptors (Lipinski definition) is 4. The summed E-state index contributed by atoms with van der Waals surface area (Å²) < 4.78 is 26.4. The molecule has 18 heavy (non-hydrogen) atoms. The first-order chi connectivity index (χ1) is 8.33. The zero-order chi connectivity index (χ0) is 13.8. The van der Waals surface area contributed by atoms with Gasteiger partial charge in [0.2, 0.25) is 10.0 Å². The van der Waals surface area contributed by atoms with Crippen LogP contribution in [0.1, 0.15) is 10.4 Å². The Bertz CT molecular complexity index is 545. The molecule has 0 unspecified atom stereocenters. The summed E-state index contributed by atoms with van der Waals surface area (Å²) in [6, 6.07) is 4.57. The molecule has 0 aromatic heterocycles. The van der Waals surface area contributed by atoms with Gasteiger partial charge in [0, 0.05) is 11.6 Å². The van der Waals surface area contributed by atoms with Gasteiger partial charge in [-0.05, 0) is 18.2 Å². The molecule has 1 amide bonds. The minimum Gasteiger partial charge on any atom is -0.496 e. The number of ether oxygens (including phenoxy) is 1. The SMILES string of the molecule is COc1ccc(Cl)cc1C(=O)NCCS(N)(=O)=O. The number of amides is 1. The van der Waals surface area contributed by atoms with Crippen LogP contribution in [0, 0.1) is 0 Å². The Kier molecular flexibility index (Phi) is 4.94. The number of sulfonamides is 1. The average molecular weight is 293 g/mol. The number of primary sulfonamides is 1. The van der Waals surface area contributed by atoms with Crippen molar-refractivity contribution in [3.05, 3.63) is 28.8 Å². The Morgan fingerprint density at radius 2 is 2.17 bits per heavy atom. The van der Waals surface area contributed by atoms with Gasteiger partial charge in [0.1, 0.15) is 5.75 Å². The van der Waals surface area contributed by atoms with Gasteiger partial charge >= 0.3 is 0 Å². The number of hydrogen-bond donors (Lipinski definition) is 2. The van der Waals surface area contributed by atoms with Gasteiger partial charge in [-0.2, -0.15) is 0 Å². The molecule has 8 heteroatoms. The van der Waals surface area contributed by atoms with Gasteiger partial charge in [0.15, 0.2) is 0 Å². The lowest BCUT2D eigenvalue weighted by Crippen LogP contribution is -2.31. The number of carbonyl (C=O) groups excluding carboxylic acids is 1. The number of halogens is 1. The fourth-order valence-electron chi connectivity index (χ4n) is 1.26. The van der Waals surface area contributed by atoms with Crippen molar-refractivity contribution < 1.29 is 17.9 Å². The van der Waals surface area contributed by atoms with Crippen LogP contribution < -0.4 is 15.2 Å². The van der Waals surface area contributed by atoms with Crippen LogP contribution in [0.2, 0.25) is 5.02 Å². The Morgan fingerprint density at radius 1 is 1.50 bits per heavy atom. The lowest BCUT2D eigenvalue weighted by atomic mass is 10.2. The molecule has 0 heterocycles. The smallest absolute Gasteiger partial charge is 0.255 e. The summed E-state index contributed by atoms with van der Waals surface area (Å²) in [7, 11) is -2.18. The minimum atomic E-state index is -3.60. The van der Waals surface area contributed by atoms with Crippen LogP contribution >= 0.6 is 11.6 Å². The first-order valence-electron chi connectivity index (χ1n) is 4.95. The molecule has 1 rings (SSSR count). The van der Waals surface area contributed by atoms with Crippen LogP contribution in [-0.2, 0) is 10.0 Å². The van der Waals surface area contributed by atoms with E-state index in [0.29, 0.717) is 10.8 Å². The van der Waals surface area contributed by atoms with Crippen molar-refractivity contribution in [3.8, 4) is 5.75 Å². The summed E-state index contributed by atoms with van der Waals surface area (Å²) in [5.41, 5.74) is 0.236. The van der Waals surface area contributed by atoms with E-state index >= 15 is 0 Å². The first kappa shape index (κ1) is 14.7. The first-order valence-corrected chi connectivity index (χ1v) is 7.05. The normalized spacial score (nSPS) is 11.1. The van der Waals surface area contributed by atoms with Gasteiger partial charge in [0.05, 0.1) is 18.4 Å². The maximum Gasteiger partial charge on any atom is 0.255 e. The second-order valence-corrected chi connectivity index (χ2v) is 5.64. The summed E-state index contributed by atoms with van der Waals surface area (Å²) in [6.07, 6.45) is 0. The third kappa shape index (κ3) is 4.52. The highest BCUT2D eigenvalue weighted by atomic mass is 35.5. The molecule has 0 aliphatic carbocycles. The van der Waals surface area contributed by atoms with Crippen molar-refractivity contribution in [2.75, 3.05) is 19.4 Å². The maximum absolute atomic E-state index is 11.8. The van der Waals surface area contributed by atoms with Crippen molar-refractivity contribution in [2.45, 2.75) is 0 Å². The topological polar surface area (TPSA) is 98.5 Å². The van der Waals surface area contributed by atoms with E-state index in [2.05, 4.69) is 5.32 Å². The number of nitrogens with one attached hydrogen (secondary N) is 1. The highest BCUT2D eigenvalue weighted by Gasteiger charge is 2.13. The van der Waals surface area contributed by atoms with E-state index in [1.807, 2.05) is 0 Å². The number of methoxy groups -OCH3 is 1. The zero-order valence-electron chi connectivity index (χ0n) is 9.64. The Balaban J connectivity index is 2.75. The summed E-state index contributed by atoms with van der Waals surface area (Å²) in [5, 5.41) is 7.62. The van der Waals surface area contributed by atoms with Gasteiger partial charge in [-0.3, -0.25) is 4.79 Å². The van der Waals surface area contributed by atoms with Crippen molar-refractivity contribution in [3.63, 3.8) is 0 Å². The molecule has 0 spiro atoms. The molecular formula is C10H13ClN2O4S. The van der Waals surface area contributed by atoms with Crippen molar-refractivity contribution in [2.24, 2.45) is 5.14 Å². The fourth-order valence-corrected chi connectivity index (χ4v) is 1.82. The van der Waals surface area contributed by atoms with E-state index in [0.717, 1.165) is 0 Å². The van der Waals surface area contributed by atoms with Crippen LogP contribution in [0.25, 0.3) is 0 Å². The molecule has 6 nitrogen and oxygen atoms in total. The van der Waals surface area contributed by atoms with Gasteiger partial charge in [-0.25, -0.2) is 13.6 Å². The highest BCUT2D eigenvalue weighted by molar-refractivity contribution is 7.89. The van der Waals surface area contributed by atoms with Gasteiger partial charge in [-0.15, -0.1) is 0 Å². The Labute approximate surface area is 110 Å². The zero-order valence-corrected chi connectivity index (χ0v) is 11.2. The molecule has 100 valence electrons. The molecule has 0 saturated heterocycles. The summed E-state index contributed by atoms with van der Waals surface area (Å²) in [5.74, 6) is -0.452. The van der Waals surface area contributed by atoms with Crippen LogP contribution in [0.5, 0.6) is 5.75 Å². The monoisotopic (exact) mass is 292 g/mol. The number of rotatable bonds is 5. The van der Waals surface area contributed by atoms with Crippen LogP contribution in [0.15, 0.2) is 18.2 Å². The standard InChI is InChI=1S/C10H13ClN2O4S/c1-17-9-3-2-7(11)6-8(9)10(14)13-4-5-18(12,15)16/h2-3,6H,4-5H2,1H3,(H,13,14)(H2,12,15,16). The third-order valence-corrected chi connectivity index (χ3v) is 3.09. The fraction of sp³-hybridized carbons (Fsp3) is 0.300. The third-order valence-electron chi connectivity index (χ3n) is 2.08. The molecule has 3 N–H and O–H groups in total. The molecule has 0 bridgehead atoms. The Morgan fingerprint density at radius 3 is 2.72 bits per heavy atom. The van der Waals surface area contributed by atoms with E-state index in [-0.39, 0.29) is 17.9 Å². The number of benzene rings is 1. The molecule has 0 fully saturated rings. The van der Waals surface area contributed by atoms with E-state index in [1.54, 1.807) is 12.1 Å². The van der Waals surface area contributed by atoms with Crippen LogP contribution in [0.4, 0.5) is 0 Å². The lowest BCUT2D eigenvalue weighted by molar-refractivity contribution is 0.0953. The molecule has 0 radical (unpaired) electrons.